The molecule has 0 bridgehead atoms. The number of hydrogen-bond donors (Lipinski definition) is 2. The number of ether oxygens (including phenoxy) is 2. The lowest BCUT2D eigenvalue weighted by Crippen LogP contribution is -2.26. The molecule has 3 heterocycles. The number of hydrogen-bond acceptors (Lipinski definition) is 4. The lowest BCUT2D eigenvalue weighted by Gasteiger charge is -2.23. The van der Waals surface area contributed by atoms with E-state index in [9.17, 15) is 4.79 Å². The number of pyridine rings is 1. The van der Waals surface area contributed by atoms with Crippen molar-refractivity contribution in [3.8, 4) is 5.88 Å². The summed E-state index contributed by atoms with van der Waals surface area (Å²) < 4.78 is 11.1. The van der Waals surface area contributed by atoms with Gasteiger partial charge in [-0.1, -0.05) is 29.8 Å². The molecule has 0 aliphatic carbocycles. The normalized spacial score (nSPS) is 15.0. The van der Waals surface area contributed by atoms with Crippen molar-refractivity contribution >= 4 is 28.4 Å². The molecule has 0 saturated carbocycles. The van der Waals surface area contributed by atoms with Gasteiger partial charge in [0.25, 0.3) is 5.91 Å². The monoisotopic (exact) mass is 385 g/mol. The van der Waals surface area contributed by atoms with Gasteiger partial charge in [-0.25, -0.2) is 4.98 Å². The first kappa shape index (κ1) is 17.8. The van der Waals surface area contributed by atoms with Crippen molar-refractivity contribution in [3.05, 3.63) is 58.9 Å². The van der Waals surface area contributed by atoms with E-state index < -0.39 is 0 Å². The summed E-state index contributed by atoms with van der Waals surface area (Å²) in [4.78, 5) is 19.9. The molecule has 1 aliphatic rings. The Morgan fingerprint density at radius 3 is 2.96 bits per heavy atom. The Balaban J connectivity index is 1.40. The largest absolute Gasteiger partial charge is 0.473 e. The number of rotatable bonds is 5. The number of aromatic amines is 1. The molecular weight excluding hydrogens is 366 g/mol. The summed E-state index contributed by atoms with van der Waals surface area (Å²) in [7, 11) is 0. The van der Waals surface area contributed by atoms with Gasteiger partial charge in [0.2, 0.25) is 5.88 Å². The minimum Gasteiger partial charge on any atom is -0.473 e. The molecule has 1 saturated heterocycles. The van der Waals surface area contributed by atoms with Gasteiger partial charge in [-0.3, -0.25) is 4.79 Å². The molecule has 1 fully saturated rings. The van der Waals surface area contributed by atoms with Crippen LogP contribution in [0.25, 0.3) is 10.9 Å². The van der Waals surface area contributed by atoms with Crippen molar-refractivity contribution in [2.24, 2.45) is 0 Å². The molecule has 27 heavy (non-hydrogen) atoms. The van der Waals surface area contributed by atoms with Gasteiger partial charge >= 0.3 is 0 Å². The second kappa shape index (κ2) is 7.98. The number of fused-ring (bicyclic) bond motifs is 1. The summed E-state index contributed by atoms with van der Waals surface area (Å²) >= 11 is 6.27. The van der Waals surface area contributed by atoms with Crippen molar-refractivity contribution in [2.45, 2.75) is 25.5 Å². The maximum Gasteiger partial charge on any atom is 0.253 e. The first-order chi connectivity index (χ1) is 13.2. The van der Waals surface area contributed by atoms with E-state index in [1.807, 2.05) is 30.5 Å². The van der Waals surface area contributed by atoms with Crippen LogP contribution in [0.15, 0.2) is 42.7 Å². The van der Waals surface area contributed by atoms with Crippen LogP contribution in [-0.4, -0.2) is 35.2 Å². The fourth-order valence-corrected chi connectivity index (χ4v) is 3.35. The van der Waals surface area contributed by atoms with E-state index in [0.717, 1.165) is 29.3 Å². The van der Waals surface area contributed by atoms with Crippen LogP contribution in [0.1, 0.15) is 28.8 Å². The van der Waals surface area contributed by atoms with Crippen LogP contribution in [0.2, 0.25) is 5.02 Å². The minimum absolute atomic E-state index is 0.0466. The molecule has 1 aliphatic heterocycles. The fourth-order valence-electron chi connectivity index (χ4n) is 3.14. The second-order valence-corrected chi connectivity index (χ2v) is 6.89. The third-order valence-electron chi connectivity index (χ3n) is 4.63. The summed E-state index contributed by atoms with van der Waals surface area (Å²) in [6.07, 6.45) is 5.06. The quantitative estimate of drug-likeness (QED) is 0.702. The summed E-state index contributed by atoms with van der Waals surface area (Å²) in [5.41, 5.74) is 2.47. The first-order valence-corrected chi connectivity index (χ1v) is 9.31. The average Bonchev–Trinajstić information content (AvgIpc) is 3.12. The zero-order valence-electron chi connectivity index (χ0n) is 14.7. The highest BCUT2D eigenvalue weighted by Crippen LogP contribution is 2.25. The highest BCUT2D eigenvalue weighted by molar-refractivity contribution is 6.32. The van der Waals surface area contributed by atoms with E-state index in [1.165, 1.54) is 6.20 Å². The van der Waals surface area contributed by atoms with Crippen LogP contribution in [0.4, 0.5) is 0 Å². The molecule has 0 spiro atoms. The topological polar surface area (TPSA) is 76.2 Å². The maximum absolute atomic E-state index is 12.5. The van der Waals surface area contributed by atoms with Crippen LogP contribution in [0.3, 0.4) is 0 Å². The van der Waals surface area contributed by atoms with E-state index >= 15 is 0 Å². The molecule has 2 aromatic heterocycles. The fraction of sp³-hybridized carbons (Fsp3) is 0.300. The summed E-state index contributed by atoms with van der Waals surface area (Å²) in [5.74, 6) is 0.129. The molecule has 3 aromatic rings. The number of benzene rings is 1. The Bertz CT molecular complexity index is 951. The molecule has 7 heteroatoms. The van der Waals surface area contributed by atoms with Gasteiger partial charge < -0.3 is 19.8 Å². The molecule has 1 amide bonds. The predicted molar refractivity (Wildman–Crippen MR) is 103 cm³/mol. The molecular formula is C20H20ClN3O3. The zero-order chi connectivity index (χ0) is 18.6. The minimum atomic E-state index is -0.229. The Labute approximate surface area is 161 Å². The van der Waals surface area contributed by atoms with Crippen molar-refractivity contribution in [2.75, 3.05) is 13.2 Å². The van der Waals surface area contributed by atoms with Gasteiger partial charge in [0, 0.05) is 42.7 Å². The van der Waals surface area contributed by atoms with E-state index in [1.54, 1.807) is 6.07 Å². The van der Waals surface area contributed by atoms with Crippen LogP contribution in [0.5, 0.6) is 5.88 Å². The number of carbonyl (C=O) groups is 1. The van der Waals surface area contributed by atoms with Gasteiger partial charge in [-0.15, -0.1) is 0 Å². The lowest BCUT2D eigenvalue weighted by molar-refractivity contribution is 0.0238. The molecule has 6 nitrogen and oxygen atoms in total. The Kier molecular flexibility index (Phi) is 5.27. The number of aromatic nitrogens is 2. The number of halogens is 1. The van der Waals surface area contributed by atoms with Crippen molar-refractivity contribution < 1.29 is 14.3 Å². The van der Waals surface area contributed by atoms with Gasteiger partial charge in [-0.05, 0) is 17.7 Å². The number of amides is 1. The Morgan fingerprint density at radius 2 is 2.15 bits per heavy atom. The van der Waals surface area contributed by atoms with Gasteiger partial charge in [0.05, 0.1) is 18.8 Å². The van der Waals surface area contributed by atoms with Gasteiger partial charge in [0.1, 0.15) is 11.1 Å². The van der Waals surface area contributed by atoms with Crippen molar-refractivity contribution in [1.29, 1.82) is 0 Å². The number of carbonyl (C=O) groups excluding carboxylic acids is 1. The smallest absolute Gasteiger partial charge is 0.253 e. The predicted octanol–water partition coefficient (Wildman–Crippen LogP) is 3.70. The summed E-state index contributed by atoms with van der Waals surface area (Å²) in [6.45, 7) is 1.77. The number of para-hydroxylation sites is 1. The van der Waals surface area contributed by atoms with Crippen LogP contribution in [0, 0.1) is 0 Å². The third-order valence-corrected chi connectivity index (χ3v) is 4.90. The number of nitrogens with one attached hydrogen (secondary N) is 2. The van der Waals surface area contributed by atoms with Crippen molar-refractivity contribution in [1.82, 2.24) is 15.3 Å². The number of nitrogens with zero attached hydrogens (tertiary/aromatic N) is 1. The van der Waals surface area contributed by atoms with Crippen LogP contribution >= 0.6 is 11.6 Å². The number of H-pyrrole nitrogens is 1. The third kappa shape index (κ3) is 4.07. The molecule has 140 valence electrons. The summed E-state index contributed by atoms with van der Waals surface area (Å²) in [5, 5.41) is 4.33. The second-order valence-electron chi connectivity index (χ2n) is 6.48. The van der Waals surface area contributed by atoms with Crippen LogP contribution < -0.4 is 10.1 Å². The van der Waals surface area contributed by atoms with E-state index in [2.05, 4.69) is 15.3 Å². The standard InChI is InChI=1S/C20H20ClN3O3/c21-17-9-13(10-24-20(17)27-15-5-7-26-8-6-15)19(25)23-12-14-11-22-18-4-2-1-3-16(14)18/h1-4,9-11,15,22H,5-8,12H2,(H,23,25). The lowest BCUT2D eigenvalue weighted by atomic mass is 10.1. The molecule has 0 atom stereocenters. The van der Waals surface area contributed by atoms with Crippen LogP contribution in [-0.2, 0) is 11.3 Å². The highest BCUT2D eigenvalue weighted by atomic mass is 35.5. The van der Waals surface area contributed by atoms with E-state index in [-0.39, 0.29) is 12.0 Å². The maximum atomic E-state index is 12.5. The Hall–Kier alpha value is -2.57. The molecule has 2 N–H and O–H groups in total. The van der Waals surface area contributed by atoms with E-state index in [4.69, 9.17) is 21.1 Å². The van der Waals surface area contributed by atoms with Gasteiger partial charge in [-0.2, -0.15) is 0 Å². The molecule has 4 rings (SSSR count). The summed E-state index contributed by atoms with van der Waals surface area (Å²) in [6, 6.07) is 9.56. The van der Waals surface area contributed by atoms with Crippen molar-refractivity contribution in [3.63, 3.8) is 0 Å². The molecule has 1 aromatic carbocycles. The van der Waals surface area contributed by atoms with Gasteiger partial charge in [0.15, 0.2) is 0 Å². The van der Waals surface area contributed by atoms with E-state index in [0.29, 0.717) is 36.2 Å². The average molecular weight is 386 g/mol. The molecule has 0 radical (unpaired) electrons. The highest BCUT2D eigenvalue weighted by Gasteiger charge is 2.18. The Morgan fingerprint density at radius 1 is 1.33 bits per heavy atom. The first-order valence-electron chi connectivity index (χ1n) is 8.94. The SMILES string of the molecule is O=C(NCc1c[nH]c2ccccc12)c1cnc(OC2CCOCC2)c(Cl)c1. The molecule has 0 unspecified atom stereocenters. The zero-order valence-corrected chi connectivity index (χ0v) is 15.5.